The summed E-state index contributed by atoms with van der Waals surface area (Å²) in [5, 5.41) is 9.25. The zero-order valence-electron chi connectivity index (χ0n) is 28.1. The van der Waals surface area contributed by atoms with Gasteiger partial charge in [-0.25, -0.2) is 4.79 Å². The summed E-state index contributed by atoms with van der Waals surface area (Å²) in [7, 11) is 0. The Labute approximate surface area is 272 Å². The Kier molecular flexibility index (Phi) is 13.5. The van der Waals surface area contributed by atoms with Crippen LogP contribution in [0.25, 0.3) is 10.8 Å². The standard InChI is InChI=1S/C40H54N4O/c1-31(2)28-43(29-32(3)4)24-11-12-25-44(40(45)42-33(5)38-19-13-17-37-16-9-10-18-39(37)38)30-36-22-20-35(21-23-36)27-41-26-34-14-7-6-8-15-34/h6-10,13-23,31-33,41H,11-12,24-30H2,1-5H3,(H,42,45). The van der Waals surface area contributed by atoms with Crippen molar-refractivity contribution in [2.75, 3.05) is 26.2 Å². The Morgan fingerprint density at radius 3 is 1.91 bits per heavy atom. The van der Waals surface area contributed by atoms with Gasteiger partial charge in [0.1, 0.15) is 0 Å². The normalized spacial score (nSPS) is 12.3. The van der Waals surface area contributed by atoms with Gasteiger partial charge in [-0.2, -0.15) is 0 Å². The van der Waals surface area contributed by atoms with Gasteiger partial charge in [-0.15, -0.1) is 0 Å². The van der Waals surface area contributed by atoms with Crippen molar-refractivity contribution in [3.8, 4) is 0 Å². The lowest BCUT2D eigenvalue weighted by molar-refractivity contribution is 0.185. The number of rotatable bonds is 17. The second-order valence-corrected chi connectivity index (χ2v) is 13.3. The molecule has 4 rings (SSSR count). The molecule has 0 bridgehead atoms. The summed E-state index contributed by atoms with van der Waals surface area (Å²) >= 11 is 0. The minimum absolute atomic E-state index is 0.00902. The lowest BCUT2D eigenvalue weighted by Gasteiger charge is -2.28. The van der Waals surface area contributed by atoms with Crippen LogP contribution in [-0.2, 0) is 19.6 Å². The van der Waals surface area contributed by atoms with Gasteiger partial charge < -0.3 is 20.4 Å². The number of benzene rings is 4. The van der Waals surface area contributed by atoms with E-state index in [2.05, 4.69) is 141 Å². The Hall–Kier alpha value is -3.67. The molecule has 2 N–H and O–H groups in total. The molecule has 0 heterocycles. The average molecular weight is 607 g/mol. The molecule has 45 heavy (non-hydrogen) atoms. The number of nitrogens with one attached hydrogen (secondary N) is 2. The monoisotopic (exact) mass is 606 g/mol. The van der Waals surface area contributed by atoms with Crippen LogP contribution in [-0.4, -0.2) is 42.0 Å². The van der Waals surface area contributed by atoms with Gasteiger partial charge >= 0.3 is 6.03 Å². The quantitative estimate of drug-likeness (QED) is 0.118. The third-order valence-corrected chi connectivity index (χ3v) is 8.21. The molecule has 5 nitrogen and oxygen atoms in total. The highest BCUT2D eigenvalue weighted by Gasteiger charge is 2.19. The molecule has 0 spiro atoms. The molecule has 0 aliphatic carbocycles. The zero-order valence-corrected chi connectivity index (χ0v) is 28.1. The predicted octanol–water partition coefficient (Wildman–Crippen LogP) is 8.80. The molecule has 1 unspecified atom stereocenters. The third kappa shape index (κ3) is 11.3. The van der Waals surface area contributed by atoms with Crippen molar-refractivity contribution < 1.29 is 4.79 Å². The molecule has 1 atom stereocenters. The Morgan fingerprint density at radius 1 is 0.644 bits per heavy atom. The minimum Gasteiger partial charge on any atom is -0.331 e. The summed E-state index contributed by atoms with van der Waals surface area (Å²) in [5.41, 5.74) is 4.82. The van der Waals surface area contributed by atoms with Gasteiger partial charge in [-0.1, -0.05) is 125 Å². The van der Waals surface area contributed by atoms with Crippen molar-refractivity contribution in [2.24, 2.45) is 11.8 Å². The molecular formula is C40H54N4O. The SMILES string of the molecule is CC(C)CN(CCCCN(Cc1ccc(CNCc2ccccc2)cc1)C(=O)NC(C)c1cccc2ccccc12)CC(C)C. The van der Waals surface area contributed by atoms with Crippen LogP contribution in [0.1, 0.15) is 75.8 Å². The first-order chi connectivity index (χ1) is 21.8. The fourth-order valence-electron chi connectivity index (χ4n) is 6.09. The molecule has 240 valence electrons. The van der Waals surface area contributed by atoms with Gasteiger partial charge in [-0.3, -0.25) is 0 Å². The summed E-state index contributed by atoms with van der Waals surface area (Å²) in [5.74, 6) is 1.30. The molecule has 0 fully saturated rings. The van der Waals surface area contributed by atoms with E-state index in [1.54, 1.807) is 0 Å². The third-order valence-electron chi connectivity index (χ3n) is 8.21. The number of unbranched alkanes of at least 4 members (excludes halogenated alkanes) is 1. The number of fused-ring (bicyclic) bond motifs is 1. The Bertz CT molecular complexity index is 1420. The second-order valence-electron chi connectivity index (χ2n) is 13.3. The van der Waals surface area contributed by atoms with Crippen LogP contribution in [0, 0.1) is 11.8 Å². The van der Waals surface area contributed by atoms with E-state index in [1.165, 1.54) is 21.9 Å². The minimum atomic E-state index is -0.100. The molecule has 0 radical (unpaired) electrons. The van der Waals surface area contributed by atoms with E-state index < -0.39 is 0 Å². The van der Waals surface area contributed by atoms with Crippen molar-refractivity contribution in [2.45, 2.75) is 73.1 Å². The number of carbonyl (C=O) groups is 1. The van der Waals surface area contributed by atoms with Gasteiger partial charge in [0.2, 0.25) is 0 Å². The van der Waals surface area contributed by atoms with Crippen LogP contribution < -0.4 is 10.6 Å². The summed E-state index contributed by atoms with van der Waals surface area (Å²) in [6.45, 7) is 17.6. The summed E-state index contributed by atoms with van der Waals surface area (Å²) in [6, 6.07) is 33.8. The van der Waals surface area contributed by atoms with Gasteiger partial charge in [0, 0.05) is 39.3 Å². The topological polar surface area (TPSA) is 47.6 Å². The van der Waals surface area contributed by atoms with E-state index in [0.29, 0.717) is 18.4 Å². The Balaban J connectivity index is 1.39. The maximum absolute atomic E-state index is 13.8. The maximum atomic E-state index is 13.8. The highest BCUT2D eigenvalue weighted by molar-refractivity contribution is 5.86. The van der Waals surface area contributed by atoms with Gasteiger partial charge in [0.25, 0.3) is 0 Å². The first-order valence-corrected chi connectivity index (χ1v) is 16.9. The highest BCUT2D eigenvalue weighted by Crippen LogP contribution is 2.24. The van der Waals surface area contributed by atoms with Crippen LogP contribution in [0.5, 0.6) is 0 Å². The number of carbonyl (C=O) groups excluding carboxylic acids is 1. The molecule has 4 aromatic carbocycles. The molecule has 0 saturated heterocycles. The first-order valence-electron chi connectivity index (χ1n) is 16.9. The van der Waals surface area contributed by atoms with Crippen molar-refractivity contribution in [3.05, 3.63) is 119 Å². The van der Waals surface area contributed by atoms with Crippen LogP contribution in [0.2, 0.25) is 0 Å². The smallest absolute Gasteiger partial charge is 0.318 e. The zero-order chi connectivity index (χ0) is 32.0. The van der Waals surface area contributed by atoms with Crippen LogP contribution in [0.3, 0.4) is 0 Å². The maximum Gasteiger partial charge on any atom is 0.318 e. The summed E-state index contributed by atoms with van der Waals surface area (Å²) < 4.78 is 0. The lowest BCUT2D eigenvalue weighted by Crippen LogP contribution is -2.41. The van der Waals surface area contributed by atoms with E-state index in [1.807, 2.05) is 11.0 Å². The average Bonchev–Trinajstić information content (AvgIpc) is 3.02. The largest absolute Gasteiger partial charge is 0.331 e. The summed E-state index contributed by atoms with van der Waals surface area (Å²) in [6.07, 6.45) is 2.05. The van der Waals surface area contributed by atoms with Crippen LogP contribution >= 0.6 is 0 Å². The number of hydrogen-bond acceptors (Lipinski definition) is 3. The fourth-order valence-corrected chi connectivity index (χ4v) is 6.09. The second kappa shape index (κ2) is 17.7. The van der Waals surface area contributed by atoms with Gasteiger partial charge in [0.05, 0.1) is 6.04 Å². The van der Waals surface area contributed by atoms with Crippen LogP contribution in [0.15, 0.2) is 97.1 Å². The molecular weight excluding hydrogens is 552 g/mol. The highest BCUT2D eigenvalue weighted by atomic mass is 16.2. The van der Waals surface area contributed by atoms with E-state index in [9.17, 15) is 4.79 Å². The predicted molar refractivity (Wildman–Crippen MR) is 190 cm³/mol. The molecule has 0 aliphatic rings. The van der Waals surface area contributed by atoms with Crippen LogP contribution in [0.4, 0.5) is 4.79 Å². The molecule has 2 amide bonds. The summed E-state index contributed by atoms with van der Waals surface area (Å²) in [4.78, 5) is 18.4. The van der Waals surface area contributed by atoms with Gasteiger partial charge in [-0.05, 0) is 71.2 Å². The van der Waals surface area contributed by atoms with Crippen molar-refractivity contribution >= 4 is 16.8 Å². The number of urea groups is 1. The van der Waals surface area contributed by atoms with Crippen molar-refractivity contribution in [1.29, 1.82) is 0 Å². The first kappa shape index (κ1) is 34.2. The van der Waals surface area contributed by atoms with E-state index in [4.69, 9.17) is 0 Å². The van der Waals surface area contributed by atoms with E-state index in [0.717, 1.165) is 63.2 Å². The number of amides is 2. The van der Waals surface area contributed by atoms with Crippen molar-refractivity contribution in [1.82, 2.24) is 20.4 Å². The van der Waals surface area contributed by atoms with E-state index in [-0.39, 0.29) is 12.1 Å². The van der Waals surface area contributed by atoms with E-state index >= 15 is 0 Å². The molecule has 0 saturated carbocycles. The van der Waals surface area contributed by atoms with Gasteiger partial charge in [0.15, 0.2) is 0 Å². The molecule has 4 aromatic rings. The molecule has 0 aromatic heterocycles. The fraction of sp³-hybridized carbons (Fsp3) is 0.425. The lowest BCUT2D eigenvalue weighted by atomic mass is 10.00. The molecule has 5 heteroatoms. The number of nitrogens with zero attached hydrogens (tertiary/aromatic N) is 2. The van der Waals surface area contributed by atoms with Crippen molar-refractivity contribution in [3.63, 3.8) is 0 Å². The Morgan fingerprint density at radius 2 is 1.22 bits per heavy atom. The molecule has 0 aliphatic heterocycles. The number of hydrogen-bond donors (Lipinski definition) is 2.